The molecule has 0 bridgehead atoms. The maximum Gasteiger partial charge on any atom is 0.276 e. The van der Waals surface area contributed by atoms with E-state index in [-0.39, 0.29) is 23.1 Å². The van der Waals surface area contributed by atoms with Crippen molar-refractivity contribution in [1.82, 2.24) is 9.97 Å². The number of pyridine rings is 2. The van der Waals surface area contributed by atoms with Gasteiger partial charge in [-0.25, -0.2) is 14.4 Å². The number of morpholine rings is 1. The van der Waals surface area contributed by atoms with Crippen LogP contribution in [-0.4, -0.2) is 54.5 Å². The number of carbonyl (C=O) groups is 2. The number of aromatic nitrogens is 2. The zero-order valence-electron chi connectivity index (χ0n) is 22.5. The van der Waals surface area contributed by atoms with E-state index in [1.54, 1.807) is 17.2 Å². The van der Waals surface area contributed by atoms with E-state index in [0.29, 0.717) is 57.2 Å². The molecule has 9 heteroatoms. The lowest BCUT2D eigenvalue weighted by Crippen LogP contribution is -2.36. The van der Waals surface area contributed by atoms with E-state index in [1.165, 1.54) is 23.5 Å². The molecular weight excluding hydrogens is 539 g/mol. The number of fused-ring (bicyclic) bond motifs is 3. The predicted molar refractivity (Wildman–Crippen MR) is 157 cm³/mol. The topological polar surface area (TPSA) is 75.6 Å². The molecule has 1 saturated heterocycles. The zero-order chi connectivity index (χ0) is 27.9. The Morgan fingerprint density at radius 3 is 2.68 bits per heavy atom. The summed E-state index contributed by atoms with van der Waals surface area (Å²) in [4.78, 5) is 41.5. The number of Topliss-reactive ketones (excluding diaryl/α,β-unsaturated/α-hetero) is 1. The Balaban J connectivity index is 1.20. The second kappa shape index (κ2) is 10.8. The number of nitrogens with zero attached hydrogens (tertiary/aromatic N) is 4. The van der Waals surface area contributed by atoms with Crippen molar-refractivity contribution in [2.24, 2.45) is 5.92 Å². The minimum absolute atomic E-state index is 0.119. The van der Waals surface area contributed by atoms with Gasteiger partial charge in [0.05, 0.1) is 23.8 Å². The number of halogens is 1. The first-order valence-corrected chi connectivity index (χ1v) is 14.9. The van der Waals surface area contributed by atoms with E-state index in [4.69, 9.17) is 4.74 Å². The second-order valence-electron chi connectivity index (χ2n) is 10.8. The molecule has 1 saturated carbocycles. The first-order valence-electron chi connectivity index (χ1n) is 14.1. The van der Waals surface area contributed by atoms with Crippen LogP contribution in [0, 0.1) is 11.7 Å². The van der Waals surface area contributed by atoms with Gasteiger partial charge in [-0.3, -0.25) is 9.59 Å². The summed E-state index contributed by atoms with van der Waals surface area (Å²) in [7, 11) is 0. The fourth-order valence-corrected chi connectivity index (χ4v) is 6.76. The normalized spacial score (nSPS) is 16.6. The average Bonchev–Trinajstić information content (AvgIpc) is 3.76. The van der Waals surface area contributed by atoms with Crippen LogP contribution in [0.1, 0.15) is 45.0 Å². The van der Waals surface area contributed by atoms with Crippen molar-refractivity contribution in [2.75, 3.05) is 42.6 Å². The Hall–Kier alpha value is -3.95. The van der Waals surface area contributed by atoms with E-state index < -0.39 is 5.82 Å². The third kappa shape index (κ3) is 5.15. The number of hydrogen-bond donors (Lipinski definition) is 0. The van der Waals surface area contributed by atoms with Crippen LogP contribution in [-0.2, 0) is 11.2 Å². The number of ether oxygens (including phenoxy) is 1. The lowest BCUT2D eigenvalue weighted by molar-refractivity contribution is 0.0972. The molecule has 3 aromatic heterocycles. The fourth-order valence-electron chi connectivity index (χ4n) is 5.56. The van der Waals surface area contributed by atoms with Crippen molar-refractivity contribution >= 4 is 34.5 Å². The van der Waals surface area contributed by atoms with Crippen molar-refractivity contribution in [3.63, 3.8) is 0 Å². The van der Waals surface area contributed by atoms with Crippen molar-refractivity contribution in [3.8, 4) is 21.7 Å². The van der Waals surface area contributed by atoms with Crippen molar-refractivity contribution < 1.29 is 18.7 Å². The molecule has 7 nitrogen and oxygen atoms in total. The average molecular weight is 569 g/mol. The van der Waals surface area contributed by atoms with Crippen LogP contribution in [0.2, 0.25) is 0 Å². The highest BCUT2D eigenvalue weighted by Gasteiger charge is 2.30. The summed E-state index contributed by atoms with van der Waals surface area (Å²) in [5.74, 6) is 0.693. The smallest absolute Gasteiger partial charge is 0.276 e. The summed E-state index contributed by atoms with van der Waals surface area (Å²) in [6, 6.07) is 16.1. The summed E-state index contributed by atoms with van der Waals surface area (Å²) in [6.07, 6.45) is 5.17. The first-order chi connectivity index (χ1) is 20.0. The molecule has 5 heterocycles. The Morgan fingerprint density at radius 2 is 1.85 bits per heavy atom. The molecule has 2 fully saturated rings. The molecule has 1 amide bonds. The van der Waals surface area contributed by atoms with E-state index in [0.717, 1.165) is 45.2 Å². The molecule has 208 valence electrons. The number of amides is 1. The molecule has 7 rings (SSSR count). The minimum atomic E-state index is -0.498. The molecular formula is C32H29FN4O3S. The highest BCUT2D eigenvalue weighted by Crippen LogP contribution is 2.43. The number of carbonyl (C=O) groups excluding carboxylic acids is 2. The van der Waals surface area contributed by atoms with Gasteiger partial charge in [-0.15, -0.1) is 11.3 Å². The summed E-state index contributed by atoms with van der Waals surface area (Å²) in [5.41, 5.74) is 3.63. The van der Waals surface area contributed by atoms with Crippen LogP contribution in [0.25, 0.3) is 21.7 Å². The Kier molecular flexibility index (Phi) is 6.84. The Bertz CT molecular complexity index is 1640. The quantitative estimate of drug-likeness (QED) is 0.264. The summed E-state index contributed by atoms with van der Waals surface area (Å²) in [5, 5.41) is 0. The van der Waals surface area contributed by atoms with Gasteiger partial charge in [0.15, 0.2) is 5.78 Å². The largest absolute Gasteiger partial charge is 0.378 e. The predicted octanol–water partition coefficient (Wildman–Crippen LogP) is 6.03. The number of thiophene rings is 1. The summed E-state index contributed by atoms with van der Waals surface area (Å²) < 4.78 is 20.5. The number of para-hydroxylation sites is 1. The molecule has 41 heavy (non-hydrogen) atoms. The highest BCUT2D eigenvalue weighted by atomic mass is 32.1. The van der Waals surface area contributed by atoms with E-state index in [9.17, 15) is 9.59 Å². The monoisotopic (exact) mass is 568 g/mol. The highest BCUT2D eigenvalue weighted by molar-refractivity contribution is 7.17. The molecule has 0 radical (unpaired) electrons. The minimum Gasteiger partial charge on any atom is -0.378 e. The number of ketones is 1. The Morgan fingerprint density at radius 1 is 1.02 bits per heavy atom. The van der Waals surface area contributed by atoms with Gasteiger partial charge in [-0.05, 0) is 67.1 Å². The van der Waals surface area contributed by atoms with Gasteiger partial charge in [0.1, 0.15) is 23.0 Å². The van der Waals surface area contributed by atoms with Gasteiger partial charge in [-0.1, -0.05) is 18.2 Å². The van der Waals surface area contributed by atoms with Crippen molar-refractivity contribution in [2.45, 2.75) is 25.7 Å². The molecule has 3 aliphatic rings. The number of rotatable bonds is 6. The van der Waals surface area contributed by atoms with Gasteiger partial charge in [0.2, 0.25) is 0 Å². The number of hydrogen-bond acceptors (Lipinski definition) is 7. The van der Waals surface area contributed by atoms with Crippen molar-refractivity contribution in [1.29, 1.82) is 0 Å². The second-order valence-corrected chi connectivity index (χ2v) is 11.8. The maximum absolute atomic E-state index is 15.1. The molecule has 2 aliphatic heterocycles. The lowest BCUT2D eigenvalue weighted by Gasteiger charge is -2.28. The standard InChI is InChI=1S/C32H29FN4O3S/c33-24-7-8-25(35-30(24)21-9-11-34-29(19-21)36-13-15-40-16-14-36)32(39)37-12-10-22-18-28(27(38)17-20-5-6-20)41-31(22)23-3-1-2-4-26(23)37/h1-4,7-9,11,18-20H,5-6,10,12-17H2. The van der Waals surface area contributed by atoms with Gasteiger partial charge >= 0.3 is 0 Å². The number of anilines is 2. The third-order valence-corrected chi connectivity index (χ3v) is 9.21. The van der Waals surface area contributed by atoms with E-state index >= 15 is 4.39 Å². The lowest BCUT2D eigenvalue weighted by atomic mass is 10.1. The van der Waals surface area contributed by atoms with Crippen LogP contribution in [0.3, 0.4) is 0 Å². The van der Waals surface area contributed by atoms with Gasteiger partial charge < -0.3 is 14.5 Å². The molecule has 0 N–H and O–H groups in total. The Labute approximate surface area is 241 Å². The first kappa shape index (κ1) is 26.0. The SMILES string of the molecule is O=C(CC1CC1)c1cc2c(s1)-c1ccccc1N(C(=O)c1ccc(F)c(-c3ccnc(N4CCOCC4)c3)n1)CC2. The molecule has 0 spiro atoms. The van der Waals surface area contributed by atoms with Crippen molar-refractivity contribution in [3.05, 3.63) is 82.7 Å². The van der Waals surface area contributed by atoms with Crippen LogP contribution in [0.4, 0.5) is 15.9 Å². The van der Waals surface area contributed by atoms with Gasteiger partial charge in [0, 0.05) is 48.3 Å². The van der Waals surface area contributed by atoms with Crippen LogP contribution < -0.4 is 9.80 Å². The van der Waals surface area contributed by atoms with E-state index in [2.05, 4.69) is 14.9 Å². The van der Waals surface area contributed by atoms with Gasteiger partial charge in [0.25, 0.3) is 5.91 Å². The van der Waals surface area contributed by atoms with Gasteiger partial charge in [-0.2, -0.15) is 0 Å². The molecule has 0 atom stereocenters. The molecule has 1 aliphatic carbocycles. The maximum atomic E-state index is 15.1. The third-order valence-electron chi connectivity index (χ3n) is 7.96. The summed E-state index contributed by atoms with van der Waals surface area (Å²) in [6.45, 7) is 3.08. The van der Waals surface area contributed by atoms with Crippen LogP contribution in [0.5, 0.6) is 0 Å². The number of benzene rings is 1. The summed E-state index contributed by atoms with van der Waals surface area (Å²) >= 11 is 1.52. The zero-order valence-corrected chi connectivity index (χ0v) is 23.3. The van der Waals surface area contributed by atoms with Crippen LogP contribution >= 0.6 is 11.3 Å². The molecule has 1 aromatic carbocycles. The fraction of sp³-hybridized carbons (Fsp3) is 0.312. The van der Waals surface area contributed by atoms with Crippen LogP contribution in [0.15, 0.2) is 60.8 Å². The van der Waals surface area contributed by atoms with E-state index in [1.807, 2.05) is 36.4 Å². The molecule has 4 aromatic rings. The molecule has 0 unspecified atom stereocenters.